The van der Waals surface area contributed by atoms with E-state index in [1.165, 1.54) is 11.0 Å². The first-order chi connectivity index (χ1) is 18.3. The molecule has 0 saturated carbocycles. The van der Waals surface area contributed by atoms with E-state index in [9.17, 15) is 46.1 Å². The third-order valence-corrected chi connectivity index (χ3v) is 5.58. The van der Waals surface area contributed by atoms with Gasteiger partial charge in [-0.15, -0.1) is 0 Å². The number of ether oxygens (including phenoxy) is 1. The normalized spacial score (nSPS) is 13.2. The first kappa shape index (κ1) is 29.4. The fourth-order valence-corrected chi connectivity index (χ4v) is 3.60. The molecule has 3 rings (SSSR count). The number of aromatic nitrogens is 3. The standard InChI is InChI=1S/C24H22F6N4O5/c25-16-3-6-18(19(26)9-16)23(38,11-34-14-31-13-32-34)7-8-33(10-20(35)36)21(37)15-1-4-17(5-2-15)39-12-24(29,30)22(27)28/h1-6,9,13-14,22,38H,7-8,10-12H2,(H,35,36). The van der Waals surface area contributed by atoms with Crippen molar-refractivity contribution in [2.24, 2.45) is 0 Å². The number of carboxylic acid groups (broad SMARTS) is 1. The van der Waals surface area contributed by atoms with E-state index in [1.807, 2.05) is 0 Å². The molecule has 1 atom stereocenters. The number of aliphatic hydroxyl groups is 1. The first-order valence-electron chi connectivity index (χ1n) is 11.2. The van der Waals surface area contributed by atoms with Crippen LogP contribution in [0, 0.1) is 11.6 Å². The van der Waals surface area contributed by atoms with Gasteiger partial charge in [0.15, 0.2) is 6.61 Å². The van der Waals surface area contributed by atoms with Gasteiger partial charge < -0.3 is 19.8 Å². The van der Waals surface area contributed by atoms with Crippen LogP contribution in [0.1, 0.15) is 22.3 Å². The summed E-state index contributed by atoms with van der Waals surface area (Å²) in [6.07, 6.45) is -1.97. The molecule has 9 nitrogen and oxygen atoms in total. The Morgan fingerprint density at radius 1 is 1.10 bits per heavy atom. The van der Waals surface area contributed by atoms with E-state index in [2.05, 4.69) is 14.8 Å². The van der Waals surface area contributed by atoms with Gasteiger partial charge >= 0.3 is 18.3 Å². The Kier molecular flexibility index (Phi) is 9.16. The van der Waals surface area contributed by atoms with Crippen LogP contribution in [0.5, 0.6) is 5.75 Å². The molecule has 0 bridgehead atoms. The van der Waals surface area contributed by atoms with Gasteiger partial charge in [-0.2, -0.15) is 13.9 Å². The molecule has 3 aromatic rings. The third kappa shape index (κ3) is 7.69. The Bertz CT molecular complexity index is 1280. The number of carboxylic acids is 1. The number of carbonyl (C=O) groups is 2. The van der Waals surface area contributed by atoms with Crippen molar-refractivity contribution in [1.82, 2.24) is 19.7 Å². The van der Waals surface area contributed by atoms with Crippen molar-refractivity contribution >= 4 is 11.9 Å². The maximum Gasteiger partial charge on any atom is 0.340 e. The van der Waals surface area contributed by atoms with E-state index >= 15 is 0 Å². The molecule has 1 amide bonds. The van der Waals surface area contributed by atoms with Crippen LogP contribution in [0.15, 0.2) is 55.1 Å². The number of benzene rings is 2. The number of carbonyl (C=O) groups excluding carboxylic acids is 1. The van der Waals surface area contributed by atoms with E-state index in [0.717, 1.165) is 47.6 Å². The molecular formula is C24H22F6N4O5. The summed E-state index contributed by atoms with van der Waals surface area (Å²) in [6.45, 7) is -3.23. The van der Waals surface area contributed by atoms with Crippen LogP contribution in [0.2, 0.25) is 0 Å². The van der Waals surface area contributed by atoms with Crippen LogP contribution >= 0.6 is 0 Å². The Balaban J connectivity index is 1.80. The topological polar surface area (TPSA) is 118 Å². The number of rotatable bonds is 13. The number of hydrogen-bond donors (Lipinski definition) is 2. The number of amides is 1. The lowest BCUT2D eigenvalue weighted by Crippen LogP contribution is -2.41. The zero-order valence-corrected chi connectivity index (χ0v) is 20.0. The average molecular weight is 560 g/mol. The average Bonchev–Trinajstić information content (AvgIpc) is 3.37. The van der Waals surface area contributed by atoms with Crippen LogP contribution in [-0.4, -0.2) is 73.8 Å². The highest BCUT2D eigenvalue weighted by Gasteiger charge is 2.41. The van der Waals surface area contributed by atoms with Crippen LogP contribution in [-0.2, 0) is 16.9 Å². The molecule has 2 N–H and O–H groups in total. The fraction of sp³-hybridized carbons (Fsp3) is 0.333. The molecule has 0 aliphatic heterocycles. The zero-order chi connectivity index (χ0) is 28.8. The summed E-state index contributed by atoms with van der Waals surface area (Å²) in [6, 6.07) is 6.82. The van der Waals surface area contributed by atoms with Gasteiger partial charge in [-0.1, -0.05) is 6.07 Å². The summed E-state index contributed by atoms with van der Waals surface area (Å²) in [5, 5.41) is 24.6. The van der Waals surface area contributed by atoms with Crippen LogP contribution in [0.4, 0.5) is 26.3 Å². The minimum atomic E-state index is -4.39. The molecule has 39 heavy (non-hydrogen) atoms. The predicted octanol–water partition coefficient (Wildman–Crippen LogP) is 3.34. The Labute approximate surface area is 217 Å². The quantitative estimate of drug-likeness (QED) is 0.308. The Morgan fingerprint density at radius 3 is 2.36 bits per heavy atom. The SMILES string of the molecule is O=C(O)CN(CCC(O)(Cn1cncn1)c1ccc(F)cc1F)C(=O)c1ccc(OCC(F)(F)C(F)F)cc1. The van der Waals surface area contributed by atoms with Gasteiger partial charge in [0.05, 0.1) is 6.54 Å². The second kappa shape index (κ2) is 12.1. The van der Waals surface area contributed by atoms with Crippen LogP contribution in [0.25, 0.3) is 0 Å². The van der Waals surface area contributed by atoms with E-state index in [4.69, 9.17) is 0 Å². The minimum absolute atomic E-state index is 0.114. The Hall–Kier alpha value is -4.14. The summed E-state index contributed by atoms with van der Waals surface area (Å²) >= 11 is 0. The number of nitrogens with zero attached hydrogens (tertiary/aromatic N) is 4. The van der Waals surface area contributed by atoms with E-state index in [-0.39, 0.29) is 23.4 Å². The van der Waals surface area contributed by atoms with Gasteiger partial charge in [0.25, 0.3) is 5.91 Å². The minimum Gasteiger partial charge on any atom is -0.487 e. The van der Waals surface area contributed by atoms with E-state index < -0.39 is 67.6 Å². The summed E-state index contributed by atoms with van der Waals surface area (Å²) in [4.78, 5) is 29.1. The molecule has 0 fully saturated rings. The lowest BCUT2D eigenvalue weighted by Gasteiger charge is -2.31. The van der Waals surface area contributed by atoms with Crippen LogP contribution in [0.3, 0.4) is 0 Å². The molecule has 15 heteroatoms. The van der Waals surface area contributed by atoms with Crippen molar-refractivity contribution in [2.75, 3.05) is 19.7 Å². The van der Waals surface area contributed by atoms with Crippen molar-refractivity contribution in [2.45, 2.75) is 30.9 Å². The van der Waals surface area contributed by atoms with Gasteiger partial charge in [0.2, 0.25) is 0 Å². The summed E-state index contributed by atoms with van der Waals surface area (Å²) in [7, 11) is 0. The molecule has 0 aliphatic carbocycles. The largest absolute Gasteiger partial charge is 0.487 e. The highest BCUT2D eigenvalue weighted by molar-refractivity contribution is 5.96. The van der Waals surface area contributed by atoms with Gasteiger partial charge in [-0.25, -0.2) is 27.2 Å². The molecule has 1 aromatic heterocycles. The molecule has 0 spiro atoms. The molecule has 2 aromatic carbocycles. The number of halogens is 6. The van der Waals surface area contributed by atoms with Crippen molar-refractivity contribution in [3.63, 3.8) is 0 Å². The van der Waals surface area contributed by atoms with E-state index in [1.54, 1.807) is 0 Å². The van der Waals surface area contributed by atoms with Gasteiger partial charge in [-0.05, 0) is 36.8 Å². The lowest BCUT2D eigenvalue weighted by molar-refractivity contribution is -0.148. The van der Waals surface area contributed by atoms with Crippen molar-refractivity contribution in [3.8, 4) is 5.75 Å². The second-order valence-corrected chi connectivity index (χ2v) is 8.49. The van der Waals surface area contributed by atoms with Crippen molar-refractivity contribution in [3.05, 3.63) is 77.9 Å². The summed E-state index contributed by atoms with van der Waals surface area (Å²) < 4.78 is 84.7. The van der Waals surface area contributed by atoms with Gasteiger partial charge in [0.1, 0.15) is 42.2 Å². The number of alkyl halides is 4. The van der Waals surface area contributed by atoms with Gasteiger partial charge in [-0.3, -0.25) is 9.59 Å². The van der Waals surface area contributed by atoms with E-state index in [0.29, 0.717) is 6.07 Å². The molecule has 0 radical (unpaired) electrons. The maximum absolute atomic E-state index is 14.6. The smallest absolute Gasteiger partial charge is 0.340 e. The maximum atomic E-state index is 14.6. The third-order valence-electron chi connectivity index (χ3n) is 5.58. The van der Waals surface area contributed by atoms with Crippen LogP contribution < -0.4 is 4.74 Å². The molecule has 0 aliphatic rings. The summed E-state index contributed by atoms with van der Waals surface area (Å²) in [5.41, 5.74) is -2.53. The zero-order valence-electron chi connectivity index (χ0n) is 20.0. The summed E-state index contributed by atoms with van der Waals surface area (Å²) in [5.74, 6) is -8.88. The highest BCUT2D eigenvalue weighted by Crippen LogP contribution is 2.31. The number of hydrogen-bond acceptors (Lipinski definition) is 6. The predicted molar refractivity (Wildman–Crippen MR) is 121 cm³/mol. The Morgan fingerprint density at radius 2 is 1.79 bits per heavy atom. The molecule has 1 heterocycles. The monoisotopic (exact) mass is 560 g/mol. The first-order valence-corrected chi connectivity index (χ1v) is 11.2. The fourth-order valence-electron chi connectivity index (χ4n) is 3.60. The molecule has 0 saturated heterocycles. The van der Waals surface area contributed by atoms with Crippen molar-refractivity contribution in [1.29, 1.82) is 0 Å². The second-order valence-electron chi connectivity index (χ2n) is 8.49. The molecule has 210 valence electrons. The lowest BCUT2D eigenvalue weighted by atomic mass is 9.89. The van der Waals surface area contributed by atoms with Crippen molar-refractivity contribution < 1.29 is 50.9 Å². The van der Waals surface area contributed by atoms with Gasteiger partial charge in [0, 0.05) is 23.7 Å². The number of aliphatic carboxylic acids is 1. The molecule has 1 unspecified atom stereocenters. The molecular weight excluding hydrogens is 538 g/mol. The highest BCUT2D eigenvalue weighted by atomic mass is 19.3.